The van der Waals surface area contributed by atoms with Crippen LogP contribution in [0.15, 0.2) is 6.20 Å². The number of hydrogen-bond acceptors (Lipinski definition) is 6. The summed E-state index contributed by atoms with van der Waals surface area (Å²) in [4.78, 5) is 22.2. The summed E-state index contributed by atoms with van der Waals surface area (Å²) >= 11 is 0. The van der Waals surface area contributed by atoms with Crippen LogP contribution >= 0.6 is 0 Å². The van der Waals surface area contributed by atoms with Crippen LogP contribution in [0.5, 0.6) is 0 Å². The summed E-state index contributed by atoms with van der Waals surface area (Å²) in [6.45, 7) is -0.122. The van der Waals surface area contributed by atoms with Crippen LogP contribution in [0.4, 0.5) is 0 Å². The van der Waals surface area contributed by atoms with E-state index in [0.717, 1.165) is 0 Å². The predicted octanol–water partition coefficient (Wildman–Crippen LogP) is -1.79. The maximum absolute atomic E-state index is 11.7. The van der Waals surface area contributed by atoms with E-state index in [1.165, 1.54) is 10.9 Å². The van der Waals surface area contributed by atoms with Crippen LogP contribution in [0.1, 0.15) is 12.1 Å². The second-order valence-electron chi connectivity index (χ2n) is 4.65. The molecule has 1 aromatic heterocycles. The number of sulfone groups is 1. The summed E-state index contributed by atoms with van der Waals surface area (Å²) in [7, 11) is -3.04. The van der Waals surface area contributed by atoms with Gasteiger partial charge in [0.2, 0.25) is 5.91 Å². The SMILES string of the molecule is O=C(O)Cc1cn(CC(=O)NC2CCS(=O)(=O)C2)nn1. The van der Waals surface area contributed by atoms with Crippen molar-refractivity contribution in [2.75, 3.05) is 11.5 Å². The number of nitrogens with one attached hydrogen (secondary N) is 1. The Balaban J connectivity index is 1.85. The average Bonchev–Trinajstić information content (AvgIpc) is 2.85. The van der Waals surface area contributed by atoms with E-state index in [9.17, 15) is 18.0 Å². The zero-order chi connectivity index (χ0) is 14.8. The van der Waals surface area contributed by atoms with Gasteiger partial charge in [0.1, 0.15) is 6.54 Å². The molecule has 10 heteroatoms. The lowest BCUT2D eigenvalue weighted by atomic mass is 10.2. The number of aromatic nitrogens is 3. The van der Waals surface area contributed by atoms with Crippen LogP contribution in [0.2, 0.25) is 0 Å². The molecule has 0 spiro atoms. The molecule has 1 fully saturated rings. The molecule has 0 aromatic carbocycles. The smallest absolute Gasteiger partial charge is 0.309 e. The Morgan fingerprint density at radius 2 is 2.25 bits per heavy atom. The zero-order valence-corrected chi connectivity index (χ0v) is 11.3. The molecule has 20 heavy (non-hydrogen) atoms. The first-order chi connectivity index (χ1) is 9.34. The first-order valence-electron chi connectivity index (χ1n) is 5.95. The van der Waals surface area contributed by atoms with Crippen molar-refractivity contribution in [2.24, 2.45) is 0 Å². The Hall–Kier alpha value is -1.97. The number of carbonyl (C=O) groups excluding carboxylic acids is 1. The summed E-state index contributed by atoms with van der Waals surface area (Å²) in [6.07, 6.45) is 1.53. The highest BCUT2D eigenvalue weighted by molar-refractivity contribution is 7.91. The molecule has 0 radical (unpaired) electrons. The fourth-order valence-corrected chi connectivity index (χ4v) is 3.65. The highest BCUT2D eigenvalue weighted by atomic mass is 32.2. The minimum atomic E-state index is -3.04. The van der Waals surface area contributed by atoms with Crippen molar-refractivity contribution < 1.29 is 23.1 Å². The van der Waals surface area contributed by atoms with Crippen molar-refractivity contribution in [3.8, 4) is 0 Å². The van der Waals surface area contributed by atoms with Crippen LogP contribution in [-0.2, 0) is 32.4 Å². The molecule has 1 atom stereocenters. The molecule has 1 aromatic rings. The van der Waals surface area contributed by atoms with Gasteiger partial charge in [-0.1, -0.05) is 5.21 Å². The molecular weight excluding hydrogens is 288 g/mol. The monoisotopic (exact) mass is 302 g/mol. The quantitative estimate of drug-likeness (QED) is 0.656. The minimum Gasteiger partial charge on any atom is -0.481 e. The van der Waals surface area contributed by atoms with E-state index in [-0.39, 0.29) is 42.1 Å². The Morgan fingerprint density at radius 1 is 1.50 bits per heavy atom. The fraction of sp³-hybridized carbons (Fsp3) is 0.600. The van der Waals surface area contributed by atoms with Gasteiger partial charge in [-0.05, 0) is 6.42 Å². The van der Waals surface area contributed by atoms with Gasteiger partial charge in [0.05, 0.1) is 23.6 Å². The number of carboxylic acid groups (broad SMARTS) is 1. The lowest BCUT2D eigenvalue weighted by molar-refractivity contribution is -0.136. The first kappa shape index (κ1) is 14.4. The number of hydrogen-bond donors (Lipinski definition) is 2. The third kappa shape index (κ3) is 4.02. The van der Waals surface area contributed by atoms with Gasteiger partial charge >= 0.3 is 5.97 Å². The van der Waals surface area contributed by atoms with Gasteiger partial charge in [0, 0.05) is 12.2 Å². The largest absolute Gasteiger partial charge is 0.481 e. The molecule has 9 nitrogen and oxygen atoms in total. The molecule has 0 bridgehead atoms. The number of carboxylic acids is 1. The van der Waals surface area contributed by atoms with E-state index in [4.69, 9.17) is 5.11 Å². The third-order valence-corrected chi connectivity index (χ3v) is 4.59. The topological polar surface area (TPSA) is 131 Å². The van der Waals surface area contributed by atoms with Crippen LogP contribution in [0.3, 0.4) is 0 Å². The molecule has 110 valence electrons. The highest BCUT2D eigenvalue weighted by Crippen LogP contribution is 2.11. The zero-order valence-electron chi connectivity index (χ0n) is 10.5. The lowest BCUT2D eigenvalue weighted by Crippen LogP contribution is -2.37. The average molecular weight is 302 g/mol. The third-order valence-electron chi connectivity index (χ3n) is 2.82. The van der Waals surface area contributed by atoms with Gasteiger partial charge in [0.25, 0.3) is 0 Å². The van der Waals surface area contributed by atoms with E-state index in [2.05, 4.69) is 15.6 Å². The number of aliphatic carboxylic acids is 1. The molecule has 1 aliphatic heterocycles. The molecule has 1 unspecified atom stereocenters. The molecule has 2 rings (SSSR count). The number of carbonyl (C=O) groups is 2. The second-order valence-corrected chi connectivity index (χ2v) is 6.87. The molecule has 2 N–H and O–H groups in total. The Bertz CT molecular complexity index is 623. The molecule has 1 amide bonds. The van der Waals surface area contributed by atoms with Crippen molar-refractivity contribution in [2.45, 2.75) is 25.4 Å². The summed E-state index contributed by atoms with van der Waals surface area (Å²) in [5.41, 5.74) is 0.258. The van der Waals surface area contributed by atoms with Crippen molar-refractivity contribution in [1.29, 1.82) is 0 Å². The number of rotatable bonds is 5. The molecule has 0 saturated carbocycles. The molecule has 0 aliphatic carbocycles. The molecular formula is C10H14N4O5S. The van der Waals surface area contributed by atoms with Crippen molar-refractivity contribution in [1.82, 2.24) is 20.3 Å². The summed E-state index contributed by atoms with van der Waals surface area (Å²) in [5, 5.41) is 18.5. The highest BCUT2D eigenvalue weighted by Gasteiger charge is 2.28. The molecule has 1 saturated heterocycles. The molecule has 1 aliphatic rings. The van der Waals surface area contributed by atoms with Gasteiger partial charge in [-0.25, -0.2) is 13.1 Å². The summed E-state index contributed by atoms with van der Waals surface area (Å²) < 4.78 is 23.7. The molecule has 2 heterocycles. The first-order valence-corrected chi connectivity index (χ1v) is 7.77. The van der Waals surface area contributed by atoms with E-state index in [1.807, 2.05) is 0 Å². The number of amides is 1. The van der Waals surface area contributed by atoms with Crippen molar-refractivity contribution in [3.63, 3.8) is 0 Å². The second kappa shape index (κ2) is 5.57. The predicted molar refractivity (Wildman–Crippen MR) is 66.6 cm³/mol. The summed E-state index contributed by atoms with van der Waals surface area (Å²) in [6, 6.07) is -0.366. The maximum atomic E-state index is 11.7. The summed E-state index contributed by atoms with van der Waals surface area (Å²) in [5.74, 6) is -1.36. The Labute approximate surface area is 114 Å². The van der Waals surface area contributed by atoms with E-state index < -0.39 is 15.8 Å². The van der Waals surface area contributed by atoms with Gasteiger partial charge in [-0.15, -0.1) is 5.10 Å². The van der Waals surface area contributed by atoms with Crippen LogP contribution < -0.4 is 5.32 Å². The normalized spacial score (nSPS) is 20.7. The fourth-order valence-electron chi connectivity index (χ4n) is 1.98. The standard InChI is InChI=1S/C10H14N4O5S/c15-9(11-7-1-2-20(18,19)6-7)5-14-4-8(12-13-14)3-10(16)17/h4,7H,1-3,5-6H2,(H,11,15)(H,16,17). The van der Waals surface area contributed by atoms with E-state index in [1.54, 1.807) is 0 Å². The van der Waals surface area contributed by atoms with Crippen LogP contribution in [-0.4, -0.2) is 57.9 Å². The maximum Gasteiger partial charge on any atom is 0.309 e. The van der Waals surface area contributed by atoms with Gasteiger partial charge in [0.15, 0.2) is 9.84 Å². The van der Waals surface area contributed by atoms with E-state index >= 15 is 0 Å². The Kier molecular flexibility index (Phi) is 4.02. The van der Waals surface area contributed by atoms with Gasteiger partial charge in [-0.3, -0.25) is 9.59 Å². The lowest BCUT2D eigenvalue weighted by Gasteiger charge is -2.10. The Morgan fingerprint density at radius 3 is 2.85 bits per heavy atom. The van der Waals surface area contributed by atoms with Crippen LogP contribution in [0.25, 0.3) is 0 Å². The van der Waals surface area contributed by atoms with Gasteiger partial charge in [-0.2, -0.15) is 0 Å². The minimum absolute atomic E-state index is 0.0413. The van der Waals surface area contributed by atoms with E-state index in [0.29, 0.717) is 6.42 Å². The van der Waals surface area contributed by atoms with Crippen LogP contribution in [0, 0.1) is 0 Å². The number of nitrogens with zero attached hydrogens (tertiary/aromatic N) is 3. The van der Waals surface area contributed by atoms with Crippen molar-refractivity contribution >= 4 is 21.7 Å². The van der Waals surface area contributed by atoms with Crippen molar-refractivity contribution in [3.05, 3.63) is 11.9 Å². The van der Waals surface area contributed by atoms with Gasteiger partial charge < -0.3 is 10.4 Å².